The zero-order chi connectivity index (χ0) is 21.5. The lowest BCUT2D eigenvalue weighted by molar-refractivity contribution is -0.133. The number of carbonyl (C=O) groups is 2. The van der Waals surface area contributed by atoms with Crippen molar-refractivity contribution in [3.05, 3.63) is 47.5 Å². The lowest BCUT2D eigenvalue weighted by atomic mass is 10.3. The number of likely N-dealkylation sites (N-methyl/N-ethyl adjacent to an activating group) is 1. The van der Waals surface area contributed by atoms with Crippen molar-refractivity contribution in [2.24, 2.45) is 0 Å². The summed E-state index contributed by atoms with van der Waals surface area (Å²) in [6.45, 7) is 5.02. The second-order valence-electron chi connectivity index (χ2n) is 6.28. The van der Waals surface area contributed by atoms with Crippen LogP contribution in [0, 0.1) is 0 Å². The van der Waals surface area contributed by atoms with Crippen molar-refractivity contribution >= 4 is 62.4 Å². The van der Waals surface area contributed by atoms with Gasteiger partial charge in [0.2, 0.25) is 5.91 Å². The van der Waals surface area contributed by atoms with Crippen LogP contribution in [0.15, 0.2) is 46.8 Å². The minimum absolute atomic E-state index is 0.0775. The number of anilines is 1. The van der Waals surface area contributed by atoms with Crippen molar-refractivity contribution in [1.82, 2.24) is 9.88 Å². The smallest absolute Gasteiger partial charge is 0.260 e. The number of thioether (sulfide) groups is 1. The molecule has 0 bridgehead atoms. The Morgan fingerprint density at radius 1 is 1.20 bits per heavy atom. The molecule has 6 nitrogen and oxygen atoms in total. The number of nitrogens with zero attached hydrogens (tertiary/aromatic N) is 2. The van der Waals surface area contributed by atoms with Crippen molar-refractivity contribution in [2.45, 2.75) is 18.2 Å². The van der Waals surface area contributed by atoms with E-state index in [1.165, 1.54) is 11.8 Å². The zero-order valence-electron chi connectivity index (χ0n) is 16.7. The Kier molecular flexibility index (Phi) is 7.95. The molecule has 3 aromatic rings. The van der Waals surface area contributed by atoms with E-state index < -0.39 is 0 Å². The van der Waals surface area contributed by atoms with E-state index in [1.54, 1.807) is 34.4 Å². The summed E-state index contributed by atoms with van der Waals surface area (Å²) in [4.78, 5) is 30.5. The summed E-state index contributed by atoms with van der Waals surface area (Å²) in [6.07, 6.45) is 0. The minimum Gasteiger partial charge on any atom is -0.482 e. The molecule has 0 spiro atoms. The van der Waals surface area contributed by atoms with E-state index in [0.717, 1.165) is 14.6 Å². The van der Waals surface area contributed by atoms with E-state index in [-0.39, 0.29) is 24.2 Å². The molecule has 3 rings (SSSR count). The average Bonchev–Trinajstić information content (AvgIpc) is 3.15. The maximum atomic E-state index is 12.3. The number of rotatable bonds is 9. The number of halogens is 1. The van der Waals surface area contributed by atoms with Crippen molar-refractivity contribution in [1.29, 1.82) is 0 Å². The van der Waals surface area contributed by atoms with Gasteiger partial charge >= 0.3 is 0 Å². The molecule has 0 fully saturated rings. The number of nitrogens with one attached hydrogen (secondary N) is 1. The molecule has 2 aromatic carbocycles. The lowest BCUT2D eigenvalue weighted by Crippen LogP contribution is -2.34. The van der Waals surface area contributed by atoms with Crippen LogP contribution in [0.1, 0.15) is 13.8 Å². The second-order valence-corrected chi connectivity index (χ2v) is 8.94. The van der Waals surface area contributed by atoms with Gasteiger partial charge in [0.1, 0.15) is 5.75 Å². The number of carbonyl (C=O) groups excluding carboxylic acids is 2. The van der Waals surface area contributed by atoms with Crippen LogP contribution in [0.5, 0.6) is 5.75 Å². The molecule has 30 heavy (non-hydrogen) atoms. The SMILES string of the molecule is CCN(CC)C(=O)COc1ccc(NC(=O)CSc2nc3ccccc3s2)cc1Cl. The highest BCUT2D eigenvalue weighted by Crippen LogP contribution is 2.30. The molecule has 158 valence electrons. The number of hydrogen-bond acceptors (Lipinski definition) is 6. The van der Waals surface area contributed by atoms with Gasteiger partial charge in [-0.3, -0.25) is 9.59 Å². The highest BCUT2D eigenvalue weighted by Gasteiger charge is 2.13. The zero-order valence-corrected chi connectivity index (χ0v) is 19.1. The maximum absolute atomic E-state index is 12.3. The summed E-state index contributed by atoms with van der Waals surface area (Å²) in [6, 6.07) is 12.8. The number of aromatic nitrogens is 1. The number of fused-ring (bicyclic) bond motifs is 1. The predicted molar refractivity (Wildman–Crippen MR) is 124 cm³/mol. The molecule has 9 heteroatoms. The molecular weight excluding hydrogens is 442 g/mol. The normalized spacial score (nSPS) is 10.8. The summed E-state index contributed by atoms with van der Waals surface area (Å²) in [5.41, 5.74) is 1.50. The molecule has 2 amide bonds. The third kappa shape index (κ3) is 5.87. The van der Waals surface area contributed by atoms with Gasteiger partial charge < -0.3 is 15.0 Å². The molecule has 0 aliphatic rings. The largest absolute Gasteiger partial charge is 0.482 e. The van der Waals surface area contributed by atoms with Gasteiger partial charge in [0.25, 0.3) is 5.91 Å². The third-order valence-corrected chi connectivity index (χ3v) is 6.76. The van der Waals surface area contributed by atoms with Gasteiger partial charge in [-0.2, -0.15) is 0 Å². The fourth-order valence-electron chi connectivity index (χ4n) is 2.74. The van der Waals surface area contributed by atoms with E-state index in [0.29, 0.717) is 29.5 Å². The molecule has 1 heterocycles. The van der Waals surface area contributed by atoms with Crippen LogP contribution in [0.3, 0.4) is 0 Å². The van der Waals surface area contributed by atoms with Crippen LogP contribution in [0.25, 0.3) is 10.2 Å². The standard InChI is InChI=1S/C21H22ClN3O3S2/c1-3-25(4-2)20(27)12-28-17-10-9-14(11-15(17)22)23-19(26)13-29-21-24-16-7-5-6-8-18(16)30-21/h5-11H,3-4,12-13H2,1-2H3,(H,23,26). The first kappa shape index (κ1) is 22.4. The number of hydrogen-bond donors (Lipinski definition) is 1. The molecule has 1 aromatic heterocycles. The van der Waals surface area contributed by atoms with Crippen LogP contribution in [0.4, 0.5) is 5.69 Å². The van der Waals surface area contributed by atoms with Gasteiger partial charge in [0, 0.05) is 18.8 Å². The first-order valence-corrected chi connectivity index (χ1v) is 11.7. The predicted octanol–water partition coefficient (Wildman–Crippen LogP) is 4.93. The lowest BCUT2D eigenvalue weighted by Gasteiger charge is -2.19. The highest BCUT2D eigenvalue weighted by atomic mass is 35.5. The van der Waals surface area contributed by atoms with Gasteiger partial charge in [-0.1, -0.05) is 35.5 Å². The first-order chi connectivity index (χ1) is 14.5. The summed E-state index contributed by atoms with van der Waals surface area (Å²) in [7, 11) is 0. The van der Waals surface area contributed by atoms with E-state index in [2.05, 4.69) is 10.3 Å². The first-order valence-electron chi connectivity index (χ1n) is 9.48. The van der Waals surface area contributed by atoms with Gasteiger partial charge in [-0.25, -0.2) is 4.98 Å². The quantitative estimate of drug-likeness (QED) is 0.455. The Bertz CT molecular complexity index is 1000. The van der Waals surface area contributed by atoms with Crippen LogP contribution in [-0.2, 0) is 9.59 Å². The van der Waals surface area contributed by atoms with Crippen molar-refractivity contribution in [3.8, 4) is 5.75 Å². The number of benzene rings is 2. The monoisotopic (exact) mass is 463 g/mol. The van der Waals surface area contributed by atoms with Crippen LogP contribution in [0.2, 0.25) is 5.02 Å². The average molecular weight is 464 g/mol. The molecule has 0 aliphatic heterocycles. The Balaban J connectivity index is 1.51. The molecule has 0 unspecified atom stereocenters. The van der Waals surface area contributed by atoms with Crippen LogP contribution in [-0.4, -0.2) is 47.1 Å². The third-order valence-electron chi connectivity index (χ3n) is 4.28. The second kappa shape index (κ2) is 10.7. The Morgan fingerprint density at radius 3 is 2.67 bits per heavy atom. The summed E-state index contributed by atoms with van der Waals surface area (Å²) in [5.74, 6) is 0.397. The Hall–Kier alpha value is -2.29. The van der Waals surface area contributed by atoms with Crippen molar-refractivity contribution < 1.29 is 14.3 Å². The van der Waals surface area contributed by atoms with E-state index >= 15 is 0 Å². The Labute approximate surface area is 188 Å². The number of amides is 2. The van der Waals surface area contributed by atoms with E-state index in [4.69, 9.17) is 16.3 Å². The highest BCUT2D eigenvalue weighted by molar-refractivity contribution is 8.01. The molecule has 0 saturated heterocycles. The number of thiazole rings is 1. The van der Waals surface area contributed by atoms with Gasteiger partial charge in [0.15, 0.2) is 10.9 Å². The molecule has 0 saturated carbocycles. The molecular formula is C21H22ClN3O3S2. The molecule has 0 atom stereocenters. The number of ether oxygens (including phenoxy) is 1. The van der Waals surface area contributed by atoms with E-state index in [9.17, 15) is 9.59 Å². The van der Waals surface area contributed by atoms with Crippen LogP contribution < -0.4 is 10.1 Å². The van der Waals surface area contributed by atoms with Gasteiger partial charge in [0.05, 0.1) is 21.0 Å². The Morgan fingerprint density at radius 2 is 1.97 bits per heavy atom. The van der Waals surface area contributed by atoms with Crippen LogP contribution >= 0.6 is 34.7 Å². The van der Waals surface area contributed by atoms with E-state index in [1.807, 2.05) is 38.1 Å². The number of para-hydroxylation sites is 1. The topological polar surface area (TPSA) is 71.5 Å². The van der Waals surface area contributed by atoms with Crippen molar-refractivity contribution in [2.75, 3.05) is 30.8 Å². The minimum atomic E-state index is -0.152. The molecule has 0 aliphatic carbocycles. The summed E-state index contributed by atoms with van der Waals surface area (Å²) < 4.78 is 7.48. The van der Waals surface area contributed by atoms with Gasteiger partial charge in [-0.05, 0) is 44.2 Å². The fraction of sp³-hybridized carbons (Fsp3) is 0.286. The maximum Gasteiger partial charge on any atom is 0.260 e. The molecule has 0 radical (unpaired) electrons. The summed E-state index contributed by atoms with van der Waals surface area (Å²) in [5, 5.41) is 3.15. The summed E-state index contributed by atoms with van der Waals surface area (Å²) >= 11 is 9.21. The molecule has 1 N–H and O–H groups in total. The fourth-order valence-corrected chi connectivity index (χ4v) is 4.84. The van der Waals surface area contributed by atoms with Gasteiger partial charge in [-0.15, -0.1) is 11.3 Å². The van der Waals surface area contributed by atoms with Crippen molar-refractivity contribution in [3.63, 3.8) is 0 Å².